The highest BCUT2D eigenvalue weighted by Crippen LogP contribution is 2.32. The molecule has 0 radical (unpaired) electrons. The van der Waals surface area contributed by atoms with Crippen molar-refractivity contribution in [2.45, 2.75) is 74.7 Å². The summed E-state index contributed by atoms with van der Waals surface area (Å²) >= 11 is 0. The molecule has 6 heterocycles. The van der Waals surface area contributed by atoms with Crippen LogP contribution in [0.4, 0.5) is 14.0 Å². The highest BCUT2D eigenvalue weighted by Gasteiger charge is 2.46. The summed E-state index contributed by atoms with van der Waals surface area (Å²) in [6.07, 6.45) is 5.97. The van der Waals surface area contributed by atoms with Gasteiger partial charge in [0.2, 0.25) is 0 Å². The van der Waals surface area contributed by atoms with Crippen LogP contribution in [0.3, 0.4) is 0 Å². The second kappa shape index (κ2) is 18.6. The maximum atomic E-state index is 14.1. The summed E-state index contributed by atoms with van der Waals surface area (Å²) in [5.41, 5.74) is 3.87. The van der Waals surface area contributed by atoms with Gasteiger partial charge >= 0.3 is 12.1 Å². The van der Waals surface area contributed by atoms with Gasteiger partial charge in [0, 0.05) is 86.6 Å². The van der Waals surface area contributed by atoms with Gasteiger partial charge in [0.15, 0.2) is 34.8 Å². The molecule has 5 N–H and O–H groups in total. The van der Waals surface area contributed by atoms with Gasteiger partial charge in [-0.25, -0.2) is 41.8 Å². The van der Waals surface area contributed by atoms with Crippen molar-refractivity contribution in [3.63, 3.8) is 0 Å². The van der Waals surface area contributed by atoms with Crippen molar-refractivity contribution in [3.05, 3.63) is 47.0 Å². The Balaban J connectivity index is 0.000000238. The molecule has 63 heavy (non-hydrogen) atoms. The number of nitrogens with zero attached hydrogens (tertiary/aromatic N) is 5. The van der Waals surface area contributed by atoms with Crippen LogP contribution in [0.5, 0.6) is 0 Å². The molecule has 18 nitrogen and oxygen atoms in total. The van der Waals surface area contributed by atoms with Crippen molar-refractivity contribution < 1.29 is 50.8 Å². The first kappa shape index (κ1) is 48.4. The van der Waals surface area contributed by atoms with Crippen molar-refractivity contribution in [2.24, 2.45) is 5.41 Å². The summed E-state index contributed by atoms with van der Waals surface area (Å²) in [5.74, 6) is 20.4. The summed E-state index contributed by atoms with van der Waals surface area (Å²) in [6.45, 7) is 7.74. The molecule has 4 aliphatic heterocycles. The number of hydrogen-bond donors (Lipinski definition) is 5. The Morgan fingerprint density at radius 2 is 1.25 bits per heavy atom. The third kappa shape index (κ3) is 10.4. The molecule has 1 unspecified atom stereocenters. The molecule has 0 aliphatic carbocycles. The van der Waals surface area contributed by atoms with E-state index in [0.717, 1.165) is 37.7 Å². The van der Waals surface area contributed by atoms with Gasteiger partial charge in [-0.1, -0.05) is 24.7 Å². The fourth-order valence-electron chi connectivity index (χ4n) is 7.46. The second-order valence-electron chi connectivity index (χ2n) is 16.7. The number of sulfone groups is 2. The van der Waals surface area contributed by atoms with Gasteiger partial charge in [-0.15, -0.1) is 0 Å². The van der Waals surface area contributed by atoms with Crippen LogP contribution >= 0.6 is 0 Å². The highest BCUT2D eigenvalue weighted by molar-refractivity contribution is 7.93. The van der Waals surface area contributed by atoms with E-state index < -0.39 is 46.7 Å². The molecule has 3 atom stereocenters. The predicted molar refractivity (Wildman–Crippen MR) is 228 cm³/mol. The van der Waals surface area contributed by atoms with E-state index in [1.165, 1.54) is 49.9 Å². The Hall–Kier alpha value is -5.65. The van der Waals surface area contributed by atoms with Gasteiger partial charge in [-0.3, -0.25) is 29.1 Å². The largest absolute Gasteiger partial charge is 0.328 e. The number of nitrogens with one attached hydrogen (secondary N) is 3. The van der Waals surface area contributed by atoms with Crippen LogP contribution in [0.1, 0.15) is 69.0 Å². The lowest BCUT2D eigenvalue weighted by Gasteiger charge is -2.44. The average Bonchev–Trinajstić information content (AvgIpc) is 4.04. The standard InChI is InChI=1S/C22H28N4O5S.C20H23FN4O5S/c1-5-22(15-24(3)16-22)9-7-6-8-17-12-18-14-25(20(28)26(18)13-17)11-10-21(2,19(27)23-29)32(4,30)31;1-19(17(26)23-28,31(2,29)30)8-10-24-13-16-11-15(12-25(16)18(24)27)5-3-4-6-20(21)7-9-22-14-20/h12-13,29H,5,10-11,14-16H2,1-4H3,(H,23,27);11-12,22,28H,7-10,13-14H2,1-2H3,(H,23,26)/t21-;19-,20?/m11/s1. The fourth-order valence-corrected chi connectivity index (χ4v) is 9.15. The minimum atomic E-state index is -3.85. The molecule has 0 bridgehead atoms. The third-order valence-corrected chi connectivity index (χ3v) is 16.1. The molecule has 6 rings (SSSR count). The number of halogens is 1. The van der Waals surface area contributed by atoms with Crippen molar-refractivity contribution in [1.82, 2.24) is 40.1 Å². The summed E-state index contributed by atoms with van der Waals surface area (Å²) < 4.78 is 61.5. The minimum absolute atomic E-state index is 0.00336. The topological polar surface area (TPSA) is 233 Å². The summed E-state index contributed by atoms with van der Waals surface area (Å²) in [4.78, 5) is 54.3. The van der Waals surface area contributed by atoms with Gasteiger partial charge in [0.05, 0.1) is 18.5 Å². The highest BCUT2D eigenvalue weighted by atomic mass is 32.2. The molecular weight excluding hydrogens is 860 g/mol. The lowest BCUT2D eigenvalue weighted by molar-refractivity contribution is -0.132. The smallest absolute Gasteiger partial charge is 0.318 e. The van der Waals surface area contributed by atoms with E-state index in [9.17, 15) is 40.4 Å². The fraction of sp³-hybridized carbons (Fsp3) is 0.524. The summed E-state index contributed by atoms with van der Waals surface area (Å²) in [6, 6.07) is 2.80. The van der Waals surface area contributed by atoms with E-state index in [2.05, 4.69) is 71.6 Å². The molecule has 2 fully saturated rings. The van der Waals surface area contributed by atoms with Crippen LogP contribution in [0, 0.1) is 52.8 Å². The zero-order valence-electron chi connectivity index (χ0n) is 35.9. The third-order valence-electron chi connectivity index (χ3n) is 12.1. The number of likely N-dealkylation sites (tertiary alicyclic amines) is 1. The van der Waals surface area contributed by atoms with E-state index in [0.29, 0.717) is 29.8 Å². The van der Waals surface area contributed by atoms with E-state index >= 15 is 0 Å². The Bertz CT molecular complexity index is 2660. The number of amides is 4. The molecule has 2 aromatic rings. The zero-order valence-corrected chi connectivity index (χ0v) is 37.5. The Kier molecular flexibility index (Phi) is 14.3. The van der Waals surface area contributed by atoms with Crippen LogP contribution < -0.4 is 16.3 Å². The first-order valence-corrected chi connectivity index (χ1v) is 23.7. The van der Waals surface area contributed by atoms with E-state index in [1.807, 2.05) is 0 Å². The molecule has 21 heteroatoms. The SMILES string of the molecule is CCC1(C#CC#Cc2cc3n(c2)C(=O)N(CC[C@](C)(C(=O)NO)S(C)(=O)=O)C3)CN(C)C1.C[C@@](CCN1Cc2cc(C#CC#CC3(F)CCNC3)cn2C1=O)(C(=O)NO)S(C)(=O)=O. The lowest BCUT2D eigenvalue weighted by Crippen LogP contribution is -2.53. The van der Waals surface area contributed by atoms with Crippen LogP contribution in [-0.2, 0) is 42.4 Å². The normalized spacial score (nSPS) is 20.5. The second-order valence-corrected chi connectivity index (χ2v) is 21.6. The maximum Gasteiger partial charge on any atom is 0.328 e. The number of fused-ring (bicyclic) bond motifs is 2. The average molecular weight is 911 g/mol. The lowest BCUT2D eigenvalue weighted by atomic mass is 9.78. The molecule has 4 amide bonds. The quantitative estimate of drug-likeness (QED) is 0.119. The van der Waals surface area contributed by atoms with Crippen molar-refractivity contribution in [1.29, 1.82) is 0 Å². The van der Waals surface area contributed by atoms with Crippen molar-refractivity contribution in [2.75, 3.05) is 58.8 Å². The van der Waals surface area contributed by atoms with E-state index in [-0.39, 0.29) is 63.0 Å². The molecule has 338 valence electrons. The zero-order chi connectivity index (χ0) is 46.6. The van der Waals surface area contributed by atoms with E-state index in [1.54, 1.807) is 18.3 Å². The first-order valence-electron chi connectivity index (χ1n) is 19.9. The minimum Gasteiger partial charge on any atom is -0.318 e. The van der Waals surface area contributed by atoms with E-state index in [4.69, 9.17) is 10.4 Å². The number of rotatable bonds is 11. The monoisotopic (exact) mass is 910 g/mol. The van der Waals surface area contributed by atoms with Crippen LogP contribution in [-0.4, -0.2) is 149 Å². The first-order chi connectivity index (χ1) is 29.4. The Morgan fingerprint density at radius 3 is 1.60 bits per heavy atom. The predicted octanol–water partition coefficient (Wildman–Crippen LogP) is 0.694. The van der Waals surface area contributed by atoms with Crippen LogP contribution in [0.15, 0.2) is 24.5 Å². The van der Waals surface area contributed by atoms with Gasteiger partial charge in [0.1, 0.15) is 0 Å². The molecule has 0 spiro atoms. The maximum absolute atomic E-state index is 14.1. The van der Waals surface area contributed by atoms with Crippen LogP contribution in [0.2, 0.25) is 0 Å². The number of hydroxylamine groups is 2. The summed E-state index contributed by atoms with van der Waals surface area (Å²) in [7, 11) is -5.61. The number of aromatic nitrogens is 2. The molecule has 0 aromatic carbocycles. The molecular formula is C42H51FN8O10S2. The number of carbonyl (C=O) groups is 4. The Labute approximate surface area is 366 Å². The number of carbonyl (C=O) groups excluding carboxylic acids is 4. The molecule has 0 saturated carbocycles. The molecule has 4 aliphatic rings. The van der Waals surface area contributed by atoms with Gasteiger partial charge in [-0.05, 0) is 88.4 Å². The van der Waals surface area contributed by atoms with Gasteiger partial charge in [-0.2, -0.15) is 0 Å². The molecule has 2 aromatic heterocycles. The Morgan fingerprint density at radius 1 is 0.810 bits per heavy atom. The van der Waals surface area contributed by atoms with Crippen molar-refractivity contribution >= 4 is 43.6 Å². The van der Waals surface area contributed by atoms with Crippen LogP contribution in [0.25, 0.3) is 0 Å². The number of hydrogen-bond acceptors (Lipinski definition) is 12. The molecule has 2 saturated heterocycles. The van der Waals surface area contributed by atoms with Gasteiger partial charge in [0.25, 0.3) is 11.8 Å². The number of alkyl halides is 1. The summed E-state index contributed by atoms with van der Waals surface area (Å²) in [5, 5.41) is 20.7. The van der Waals surface area contributed by atoms with Crippen molar-refractivity contribution in [3.8, 4) is 47.4 Å². The van der Waals surface area contributed by atoms with Gasteiger partial charge < -0.3 is 20.0 Å².